The van der Waals surface area contributed by atoms with Crippen molar-refractivity contribution in [2.24, 2.45) is 11.1 Å². The molecule has 1 aromatic heterocycles. The Labute approximate surface area is 150 Å². The average Bonchev–Trinajstić information content (AvgIpc) is 3.02. The number of carbonyl (C=O) groups excluding carboxylic acids is 1. The summed E-state index contributed by atoms with van der Waals surface area (Å²) >= 11 is 0. The lowest BCUT2D eigenvalue weighted by atomic mass is 9.79. The summed E-state index contributed by atoms with van der Waals surface area (Å²) in [5.74, 6) is 1.05. The zero-order valence-corrected chi connectivity index (χ0v) is 14.8. The number of piperidine rings is 1. The Morgan fingerprint density at radius 1 is 1.38 bits per heavy atom. The number of nitrogens with two attached hydrogens (primary N) is 1. The van der Waals surface area contributed by atoms with Crippen LogP contribution in [0.5, 0.6) is 0 Å². The van der Waals surface area contributed by atoms with E-state index in [4.69, 9.17) is 14.8 Å². The molecule has 3 N–H and O–H groups in total. The van der Waals surface area contributed by atoms with E-state index in [1.807, 2.05) is 6.07 Å². The van der Waals surface area contributed by atoms with Gasteiger partial charge in [-0.05, 0) is 37.5 Å². The molecule has 0 unspecified atom stereocenters. The van der Waals surface area contributed by atoms with Gasteiger partial charge in [-0.3, -0.25) is 4.55 Å². The summed E-state index contributed by atoms with van der Waals surface area (Å²) in [5.41, 5.74) is 6.30. The quantitative estimate of drug-likeness (QED) is 0.731. The van der Waals surface area contributed by atoms with Crippen LogP contribution >= 0.6 is 0 Å². The first-order chi connectivity index (χ1) is 12.3. The standard InChI is InChI=1S/C15H20N4O6S/c16-9-3-8(4-9)12-5-10(17-24-12)11-6-15(1-2-15)13-7-18(11)14(20)19(13)25-26(21,22)23/h5,8-9,11,13H,1-4,6-7,16H2,(H,21,22,23)/t8-,9-,11-,13+/m0/s1. The molecule has 11 heteroatoms. The Balaban J connectivity index is 1.42. The van der Waals surface area contributed by atoms with E-state index >= 15 is 0 Å². The molecule has 2 saturated heterocycles. The second-order valence-electron chi connectivity index (χ2n) is 7.94. The molecule has 26 heavy (non-hydrogen) atoms. The number of fused-ring (bicyclic) bond motifs is 3. The molecule has 2 aliphatic carbocycles. The predicted molar refractivity (Wildman–Crippen MR) is 85.8 cm³/mol. The lowest BCUT2D eigenvalue weighted by molar-refractivity contribution is -0.0527. The van der Waals surface area contributed by atoms with Crippen LogP contribution < -0.4 is 5.73 Å². The van der Waals surface area contributed by atoms with Gasteiger partial charge in [0.25, 0.3) is 0 Å². The molecule has 142 valence electrons. The number of aromatic nitrogens is 1. The van der Waals surface area contributed by atoms with Gasteiger partial charge in [0, 0.05) is 24.6 Å². The van der Waals surface area contributed by atoms with Crippen molar-refractivity contribution in [1.29, 1.82) is 0 Å². The third-order valence-electron chi connectivity index (χ3n) is 6.30. The van der Waals surface area contributed by atoms with E-state index in [-0.39, 0.29) is 29.5 Å². The van der Waals surface area contributed by atoms with Crippen molar-refractivity contribution in [2.75, 3.05) is 6.54 Å². The van der Waals surface area contributed by atoms with Crippen molar-refractivity contribution in [3.8, 4) is 0 Å². The van der Waals surface area contributed by atoms with Crippen LogP contribution in [0, 0.1) is 5.41 Å². The van der Waals surface area contributed by atoms with Gasteiger partial charge in [0.2, 0.25) is 0 Å². The highest BCUT2D eigenvalue weighted by molar-refractivity contribution is 7.80. The van der Waals surface area contributed by atoms with Gasteiger partial charge in [0.05, 0.1) is 12.1 Å². The van der Waals surface area contributed by atoms with E-state index < -0.39 is 16.4 Å². The maximum absolute atomic E-state index is 12.7. The first-order valence-corrected chi connectivity index (χ1v) is 10.1. The van der Waals surface area contributed by atoms with Crippen molar-refractivity contribution in [3.05, 3.63) is 17.5 Å². The van der Waals surface area contributed by atoms with Crippen molar-refractivity contribution in [2.45, 2.75) is 56.1 Å². The molecule has 1 aromatic rings. The number of urea groups is 1. The molecule has 4 fully saturated rings. The molecule has 4 aliphatic rings. The highest BCUT2D eigenvalue weighted by Crippen LogP contribution is 2.62. The molecule has 10 nitrogen and oxygen atoms in total. The first kappa shape index (κ1) is 16.5. The summed E-state index contributed by atoms with van der Waals surface area (Å²) in [6.45, 7) is 0.343. The minimum atomic E-state index is -4.76. The van der Waals surface area contributed by atoms with E-state index in [2.05, 4.69) is 9.44 Å². The Morgan fingerprint density at radius 3 is 2.73 bits per heavy atom. The van der Waals surface area contributed by atoms with E-state index in [1.54, 1.807) is 4.90 Å². The highest BCUT2D eigenvalue weighted by atomic mass is 32.3. The van der Waals surface area contributed by atoms with Gasteiger partial charge >= 0.3 is 16.4 Å². The van der Waals surface area contributed by atoms with E-state index in [0.717, 1.165) is 36.5 Å². The summed E-state index contributed by atoms with van der Waals surface area (Å²) in [6.07, 6.45) is 4.16. The average molecular weight is 384 g/mol. The van der Waals surface area contributed by atoms with Crippen LogP contribution in [-0.2, 0) is 14.7 Å². The van der Waals surface area contributed by atoms with Crippen LogP contribution in [0.25, 0.3) is 0 Å². The zero-order valence-electron chi connectivity index (χ0n) is 13.9. The summed E-state index contributed by atoms with van der Waals surface area (Å²) in [6, 6.07) is 0.838. The summed E-state index contributed by atoms with van der Waals surface area (Å²) in [5, 5.41) is 4.99. The lowest BCUT2D eigenvalue weighted by Gasteiger charge is -2.35. The molecule has 0 aromatic carbocycles. The summed E-state index contributed by atoms with van der Waals surface area (Å²) < 4.78 is 41.3. The van der Waals surface area contributed by atoms with Crippen LogP contribution in [0.1, 0.15) is 55.5 Å². The molecule has 0 radical (unpaired) electrons. The van der Waals surface area contributed by atoms with Gasteiger partial charge in [-0.1, -0.05) is 5.16 Å². The third-order valence-corrected chi connectivity index (χ3v) is 6.65. The normalized spacial score (nSPS) is 35.1. The van der Waals surface area contributed by atoms with Gasteiger partial charge in [0.1, 0.15) is 11.5 Å². The minimum absolute atomic E-state index is 0.198. The third kappa shape index (κ3) is 2.45. The van der Waals surface area contributed by atoms with Crippen molar-refractivity contribution in [1.82, 2.24) is 15.1 Å². The maximum Gasteiger partial charge on any atom is 0.418 e. The number of nitrogens with zero attached hydrogens (tertiary/aromatic N) is 3. The van der Waals surface area contributed by atoms with Gasteiger partial charge in [-0.25, -0.2) is 4.79 Å². The van der Waals surface area contributed by atoms with Crippen LogP contribution in [0.3, 0.4) is 0 Å². The fourth-order valence-electron chi connectivity index (χ4n) is 4.63. The maximum atomic E-state index is 12.7. The number of hydrogen-bond acceptors (Lipinski definition) is 7. The van der Waals surface area contributed by atoms with Crippen molar-refractivity contribution >= 4 is 16.4 Å². The second kappa shape index (κ2) is 5.18. The Morgan fingerprint density at radius 2 is 2.12 bits per heavy atom. The monoisotopic (exact) mass is 384 g/mol. The largest absolute Gasteiger partial charge is 0.418 e. The van der Waals surface area contributed by atoms with Gasteiger partial charge in [-0.15, -0.1) is 4.28 Å². The number of hydroxylamine groups is 2. The van der Waals surface area contributed by atoms with E-state index in [0.29, 0.717) is 18.7 Å². The lowest BCUT2D eigenvalue weighted by Crippen LogP contribution is -2.43. The molecule has 2 atom stereocenters. The smallest absolute Gasteiger partial charge is 0.361 e. The molecule has 3 heterocycles. The van der Waals surface area contributed by atoms with Gasteiger partial charge in [0.15, 0.2) is 0 Å². The van der Waals surface area contributed by atoms with Crippen molar-refractivity contribution < 1.29 is 26.6 Å². The topological polar surface area (TPSA) is 139 Å². The molecule has 2 saturated carbocycles. The zero-order chi connectivity index (χ0) is 18.3. The molecule has 5 rings (SSSR count). The van der Waals surface area contributed by atoms with E-state index in [1.165, 1.54) is 0 Å². The fraction of sp³-hybridized carbons (Fsp3) is 0.733. The Kier molecular flexibility index (Phi) is 3.29. The summed E-state index contributed by atoms with van der Waals surface area (Å²) in [4.78, 5) is 14.2. The van der Waals surface area contributed by atoms with Crippen LogP contribution in [-0.4, -0.2) is 52.7 Å². The number of amides is 2. The SMILES string of the molecule is N[C@H]1C[C@H](c2cc([C@@H]3CC4(CC4)[C@H]4CN3C(=O)N4OS(=O)(=O)O)no2)C1. The molecule has 2 amide bonds. The summed E-state index contributed by atoms with van der Waals surface area (Å²) in [7, 11) is -4.76. The van der Waals surface area contributed by atoms with Crippen molar-refractivity contribution in [3.63, 3.8) is 0 Å². The number of rotatable bonds is 4. The van der Waals surface area contributed by atoms with Crippen LogP contribution in [0.2, 0.25) is 0 Å². The molecule has 2 bridgehead atoms. The van der Waals surface area contributed by atoms with Crippen LogP contribution in [0.15, 0.2) is 10.6 Å². The molecular weight excluding hydrogens is 364 g/mol. The molecule has 1 spiro atoms. The number of hydrogen-bond donors (Lipinski definition) is 2. The van der Waals surface area contributed by atoms with Gasteiger partial charge in [-0.2, -0.15) is 13.5 Å². The number of carbonyl (C=O) groups is 1. The van der Waals surface area contributed by atoms with Crippen LogP contribution in [0.4, 0.5) is 4.79 Å². The fourth-order valence-corrected chi connectivity index (χ4v) is 5.00. The second-order valence-corrected chi connectivity index (χ2v) is 8.95. The highest BCUT2D eigenvalue weighted by Gasteiger charge is 2.64. The molecule has 2 aliphatic heterocycles. The predicted octanol–water partition coefficient (Wildman–Crippen LogP) is 0.945. The Hall–Kier alpha value is -1.69. The molecular formula is C15H20N4O6S. The minimum Gasteiger partial charge on any atom is -0.361 e. The Bertz CT molecular complexity index is 859. The van der Waals surface area contributed by atoms with E-state index in [9.17, 15) is 13.2 Å². The van der Waals surface area contributed by atoms with Gasteiger partial charge < -0.3 is 15.2 Å². The first-order valence-electron chi connectivity index (χ1n) is 8.75.